The van der Waals surface area contributed by atoms with Gasteiger partial charge in [0.2, 0.25) is 11.8 Å². The summed E-state index contributed by atoms with van der Waals surface area (Å²) in [7, 11) is -4.07. The molecule has 1 aliphatic carbocycles. The van der Waals surface area contributed by atoms with Gasteiger partial charge in [-0.25, -0.2) is 8.42 Å². The van der Waals surface area contributed by atoms with Crippen molar-refractivity contribution in [2.24, 2.45) is 0 Å². The van der Waals surface area contributed by atoms with Gasteiger partial charge in [0.05, 0.1) is 10.6 Å². The highest BCUT2D eigenvalue weighted by Gasteiger charge is 2.34. The Balaban J connectivity index is 1.71. The Morgan fingerprint density at radius 2 is 1.54 bits per heavy atom. The van der Waals surface area contributed by atoms with Crippen LogP contribution in [0.15, 0.2) is 83.8 Å². The van der Waals surface area contributed by atoms with Crippen LogP contribution in [0.5, 0.6) is 0 Å². The molecular weight excluding hydrogens is 534 g/mol. The Morgan fingerprint density at radius 1 is 0.902 bits per heavy atom. The largest absolute Gasteiger partial charge is 0.352 e. The molecule has 0 spiro atoms. The number of benzene rings is 3. The number of amides is 2. The number of aryl methyl sites for hydroxylation is 2. The van der Waals surface area contributed by atoms with Crippen LogP contribution in [0.25, 0.3) is 0 Å². The summed E-state index contributed by atoms with van der Waals surface area (Å²) < 4.78 is 29.0. The van der Waals surface area contributed by atoms with Crippen LogP contribution in [0.2, 0.25) is 0 Å². The topological polar surface area (TPSA) is 86.8 Å². The highest BCUT2D eigenvalue weighted by molar-refractivity contribution is 7.92. The molecule has 3 aromatic rings. The third-order valence-corrected chi connectivity index (χ3v) is 9.72. The van der Waals surface area contributed by atoms with Crippen molar-refractivity contribution >= 4 is 27.5 Å². The second kappa shape index (κ2) is 13.8. The highest BCUT2D eigenvalue weighted by atomic mass is 32.2. The maximum Gasteiger partial charge on any atom is 0.264 e. The first kappa shape index (κ1) is 30.3. The average Bonchev–Trinajstić information content (AvgIpc) is 3.50. The first-order chi connectivity index (χ1) is 19.7. The van der Waals surface area contributed by atoms with E-state index in [9.17, 15) is 18.0 Å². The second-order valence-corrected chi connectivity index (χ2v) is 12.6. The molecule has 2 amide bonds. The van der Waals surface area contributed by atoms with Gasteiger partial charge in [-0.15, -0.1) is 0 Å². The Kier molecular flexibility index (Phi) is 10.2. The summed E-state index contributed by atoms with van der Waals surface area (Å²) in [6.07, 6.45) is 5.25. The monoisotopic (exact) mass is 575 g/mol. The van der Waals surface area contributed by atoms with Crippen LogP contribution in [0.1, 0.15) is 62.6 Å². The quantitative estimate of drug-likeness (QED) is 0.304. The lowest BCUT2D eigenvalue weighted by Crippen LogP contribution is -2.53. The maximum absolute atomic E-state index is 14.2. The number of sulfonamides is 1. The minimum absolute atomic E-state index is 0.101. The van der Waals surface area contributed by atoms with E-state index < -0.39 is 28.5 Å². The molecule has 0 radical (unpaired) electrons. The van der Waals surface area contributed by atoms with E-state index in [1.165, 1.54) is 12.1 Å². The second-order valence-electron chi connectivity index (χ2n) is 10.7. The lowest BCUT2D eigenvalue weighted by Gasteiger charge is -2.34. The number of hydrogen-bond donors (Lipinski definition) is 1. The van der Waals surface area contributed by atoms with Gasteiger partial charge in [0, 0.05) is 12.6 Å². The van der Waals surface area contributed by atoms with Gasteiger partial charge in [0.15, 0.2) is 0 Å². The van der Waals surface area contributed by atoms with Crippen molar-refractivity contribution < 1.29 is 18.0 Å². The van der Waals surface area contributed by atoms with Crippen LogP contribution in [-0.4, -0.2) is 43.8 Å². The number of carbonyl (C=O) groups excluding carboxylic acids is 2. The van der Waals surface area contributed by atoms with E-state index in [1.54, 1.807) is 35.2 Å². The fourth-order valence-corrected chi connectivity index (χ4v) is 6.84. The zero-order valence-corrected chi connectivity index (χ0v) is 25.1. The number of carbonyl (C=O) groups is 2. The summed E-state index contributed by atoms with van der Waals surface area (Å²) in [5.41, 5.74) is 3.38. The Hall–Kier alpha value is -3.65. The molecule has 0 aromatic heterocycles. The van der Waals surface area contributed by atoms with Gasteiger partial charge in [-0.05, 0) is 73.6 Å². The molecule has 0 bridgehead atoms. The molecule has 8 heteroatoms. The van der Waals surface area contributed by atoms with Gasteiger partial charge in [-0.1, -0.05) is 81.3 Å². The van der Waals surface area contributed by atoms with Crippen molar-refractivity contribution in [1.82, 2.24) is 10.2 Å². The molecule has 1 aliphatic rings. The molecule has 1 saturated carbocycles. The van der Waals surface area contributed by atoms with Crippen LogP contribution in [0, 0.1) is 6.92 Å². The van der Waals surface area contributed by atoms with Crippen LogP contribution in [-0.2, 0) is 32.6 Å². The molecule has 41 heavy (non-hydrogen) atoms. The molecule has 218 valence electrons. The summed E-state index contributed by atoms with van der Waals surface area (Å²) in [5, 5.41) is 3.15. The Morgan fingerprint density at radius 3 is 2.15 bits per heavy atom. The Labute approximate surface area is 244 Å². The van der Waals surface area contributed by atoms with Crippen LogP contribution < -0.4 is 9.62 Å². The first-order valence-electron chi connectivity index (χ1n) is 14.6. The zero-order valence-electron chi connectivity index (χ0n) is 24.3. The molecule has 1 fully saturated rings. The van der Waals surface area contributed by atoms with E-state index in [0.717, 1.165) is 53.1 Å². The summed E-state index contributed by atoms with van der Waals surface area (Å²) in [4.78, 5) is 29.4. The van der Waals surface area contributed by atoms with Crippen molar-refractivity contribution in [2.45, 2.75) is 82.8 Å². The molecule has 1 atom stereocenters. The van der Waals surface area contributed by atoms with E-state index in [-0.39, 0.29) is 23.4 Å². The van der Waals surface area contributed by atoms with Gasteiger partial charge < -0.3 is 10.2 Å². The van der Waals surface area contributed by atoms with Crippen LogP contribution in [0.4, 0.5) is 5.69 Å². The summed E-state index contributed by atoms with van der Waals surface area (Å²) in [6.45, 7) is 5.66. The number of nitrogens with one attached hydrogen (secondary N) is 1. The number of anilines is 1. The third kappa shape index (κ3) is 7.36. The predicted octanol–water partition coefficient (Wildman–Crippen LogP) is 5.62. The van der Waals surface area contributed by atoms with Gasteiger partial charge in [-0.2, -0.15) is 0 Å². The number of hydrogen-bond acceptors (Lipinski definition) is 4. The normalized spacial score (nSPS) is 14.4. The first-order valence-corrected chi connectivity index (χ1v) is 16.0. The van der Waals surface area contributed by atoms with Crippen LogP contribution in [0.3, 0.4) is 0 Å². The standard InChI is InChI=1S/C33H41N3O4S/c1-4-26-19-21-29(22-20-26)36(41(39,40)30-17-7-6-8-18-30)24-32(37)35(23-27-14-10-9-13-25(27)3)31(5-2)33(38)34-28-15-11-12-16-28/h6-10,13-14,17-22,28,31H,4-5,11-12,15-16,23-24H2,1-3H3,(H,34,38). The smallest absolute Gasteiger partial charge is 0.264 e. The van der Waals surface area contributed by atoms with Crippen molar-refractivity contribution in [2.75, 3.05) is 10.8 Å². The number of rotatable bonds is 12. The average molecular weight is 576 g/mol. The fraction of sp³-hybridized carbons (Fsp3) is 0.394. The lowest BCUT2D eigenvalue weighted by atomic mass is 10.1. The Bertz CT molecular complexity index is 1420. The van der Waals surface area contributed by atoms with E-state index in [2.05, 4.69) is 5.32 Å². The van der Waals surface area contributed by atoms with Crippen molar-refractivity contribution in [3.05, 3.63) is 95.6 Å². The summed E-state index contributed by atoms with van der Waals surface area (Å²) in [6, 6.07) is 22.5. The van der Waals surface area contributed by atoms with Crippen molar-refractivity contribution in [1.29, 1.82) is 0 Å². The fourth-order valence-electron chi connectivity index (χ4n) is 5.40. The van der Waals surface area contributed by atoms with Crippen LogP contribution >= 0.6 is 0 Å². The van der Waals surface area contributed by atoms with E-state index >= 15 is 0 Å². The maximum atomic E-state index is 14.2. The predicted molar refractivity (Wildman–Crippen MR) is 163 cm³/mol. The molecule has 1 unspecified atom stereocenters. The van der Waals surface area contributed by atoms with Gasteiger partial charge in [0.1, 0.15) is 12.6 Å². The molecule has 3 aromatic carbocycles. The van der Waals surface area contributed by atoms with Gasteiger partial charge in [0.25, 0.3) is 10.0 Å². The third-order valence-electron chi connectivity index (χ3n) is 7.93. The van der Waals surface area contributed by atoms with E-state index in [4.69, 9.17) is 0 Å². The van der Waals surface area contributed by atoms with Crippen molar-refractivity contribution in [3.8, 4) is 0 Å². The van der Waals surface area contributed by atoms with Gasteiger partial charge in [-0.3, -0.25) is 13.9 Å². The molecule has 4 rings (SSSR count). The molecule has 0 heterocycles. The molecule has 0 saturated heterocycles. The summed E-state index contributed by atoms with van der Waals surface area (Å²) in [5.74, 6) is -0.619. The molecule has 0 aliphatic heterocycles. The minimum Gasteiger partial charge on any atom is -0.352 e. The van der Waals surface area contributed by atoms with Gasteiger partial charge >= 0.3 is 0 Å². The number of nitrogens with zero attached hydrogens (tertiary/aromatic N) is 2. The minimum atomic E-state index is -4.07. The molecular formula is C33H41N3O4S. The molecule has 1 N–H and O–H groups in total. The lowest BCUT2D eigenvalue weighted by molar-refractivity contribution is -0.140. The molecule has 7 nitrogen and oxygen atoms in total. The zero-order chi connectivity index (χ0) is 29.4. The van der Waals surface area contributed by atoms with Crippen molar-refractivity contribution in [3.63, 3.8) is 0 Å². The van der Waals surface area contributed by atoms with E-state index in [1.807, 2.05) is 57.2 Å². The highest BCUT2D eigenvalue weighted by Crippen LogP contribution is 2.26. The SMILES string of the molecule is CCc1ccc(N(CC(=O)N(Cc2ccccc2C)C(CC)C(=O)NC2CCCC2)S(=O)(=O)c2ccccc2)cc1. The summed E-state index contributed by atoms with van der Waals surface area (Å²) >= 11 is 0. The van der Waals surface area contributed by atoms with E-state index in [0.29, 0.717) is 12.1 Å².